The zero-order valence-corrected chi connectivity index (χ0v) is 11.1. The highest BCUT2D eigenvalue weighted by atomic mass is 16.3. The van der Waals surface area contributed by atoms with Crippen LogP contribution in [0.5, 0.6) is 0 Å². The van der Waals surface area contributed by atoms with Crippen molar-refractivity contribution < 1.29 is 5.11 Å². The van der Waals surface area contributed by atoms with Gasteiger partial charge in [0.15, 0.2) is 0 Å². The molecule has 0 radical (unpaired) electrons. The molecule has 0 atom stereocenters. The number of pyridine rings is 1. The van der Waals surface area contributed by atoms with Crippen molar-refractivity contribution in [3.63, 3.8) is 0 Å². The van der Waals surface area contributed by atoms with Crippen LogP contribution in [0.25, 0.3) is 0 Å². The van der Waals surface area contributed by atoms with E-state index in [9.17, 15) is 0 Å². The van der Waals surface area contributed by atoms with Crippen LogP contribution in [0.3, 0.4) is 0 Å². The number of nitrogens with one attached hydrogen (secondary N) is 1. The number of hydrogen-bond acceptors (Lipinski definition) is 4. The molecule has 1 aliphatic rings. The van der Waals surface area contributed by atoms with E-state index in [1.165, 1.54) is 24.8 Å². The van der Waals surface area contributed by atoms with Gasteiger partial charge in [-0.15, -0.1) is 0 Å². The Bertz CT molecular complexity index is 366. The predicted octanol–water partition coefficient (Wildman–Crippen LogP) is 1.86. The molecule has 0 unspecified atom stereocenters. The molecule has 0 saturated heterocycles. The number of hydrogen-bond donors (Lipinski definition) is 2. The van der Waals surface area contributed by atoms with Crippen molar-refractivity contribution >= 4 is 5.82 Å². The topological polar surface area (TPSA) is 48.4 Å². The van der Waals surface area contributed by atoms with Gasteiger partial charge in [0.1, 0.15) is 5.82 Å². The third-order valence-corrected chi connectivity index (χ3v) is 3.70. The Kier molecular flexibility index (Phi) is 4.96. The average molecular weight is 249 g/mol. The summed E-state index contributed by atoms with van der Waals surface area (Å²) in [6, 6.07) is 4.81. The molecule has 0 bridgehead atoms. The molecule has 0 aromatic carbocycles. The highest BCUT2D eigenvalue weighted by Crippen LogP contribution is 2.27. The third-order valence-electron chi connectivity index (χ3n) is 3.70. The molecule has 2 N–H and O–H groups in total. The summed E-state index contributed by atoms with van der Waals surface area (Å²) in [5, 5.41) is 12.1. The van der Waals surface area contributed by atoms with Crippen LogP contribution >= 0.6 is 0 Å². The van der Waals surface area contributed by atoms with Crippen LogP contribution in [0.15, 0.2) is 18.3 Å². The number of aliphatic hydroxyl groups is 1. The summed E-state index contributed by atoms with van der Waals surface area (Å²) >= 11 is 0. The molecule has 2 rings (SSSR count). The van der Waals surface area contributed by atoms with Crippen molar-refractivity contribution in [2.24, 2.45) is 0 Å². The summed E-state index contributed by atoms with van der Waals surface area (Å²) in [5.74, 6) is 0.964. The molecule has 0 amide bonds. The summed E-state index contributed by atoms with van der Waals surface area (Å²) < 4.78 is 0. The van der Waals surface area contributed by atoms with E-state index < -0.39 is 0 Å². The molecule has 1 fully saturated rings. The Morgan fingerprint density at radius 2 is 2.33 bits per heavy atom. The SMILES string of the molecule is CNc1ncccc1CN(CCCO)C1CCC1. The van der Waals surface area contributed by atoms with Gasteiger partial charge in [0.25, 0.3) is 0 Å². The molecule has 1 saturated carbocycles. The van der Waals surface area contributed by atoms with E-state index in [4.69, 9.17) is 5.11 Å². The van der Waals surface area contributed by atoms with Crippen LogP contribution < -0.4 is 5.32 Å². The van der Waals surface area contributed by atoms with Crippen molar-refractivity contribution in [1.29, 1.82) is 0 Å². The Labute approximate surface area is 109 Å². The molecular weight excluding hydrogens is 226 g/mol. The minimum absolute atomic E-state index is 0.273. The van der Waals surface area contributed by atoms with Gasteiger partial charge in [-0.25, -0.2) is 4.98 Å². The van der Waals surface area contributed by atoms with Gasteiger partial charge in [0.2, 0.25) is 0 Å². The molecule has 18 heavy (non-hydrogen) atoms. The second-order valence-electron chi connectivity index (χ2n) is 4.89. The van der Waals surface area contributed by atoms with E-state index in [-0.39, 0.29) is 6.61 Å². The lowest BCUT2D eigenvalue weighted by atomic mass is 9.91. The number of rotatable bonds is 7. The average Bonchev–Trinajstić information content (AvgIpc) is 2.34. The van der Waals surface area contributed by atoms with Crippen LogP contribution in [0.2, 0.25) is 0 Å². The van der Waals surface area contributed by atoms with Crippen molar-refractivity contribution in [1.82, 2.24) is 9.88 Å². The predicted molar refractivity (Wildman–Crippen MR) is 73.5 cm³/mol. The Hall–Kier alpha value is -1.13. The minimum Gasteiger partial charge on any atom is -0.396 e. The first-order valence-electron chi connectivity index (χ1n) is 6.81. The van der Waals surface area contributed by atoms with Gasteiger partial charge < -0.3 is 10.4 Å². The summed E-state index contributed by atoms with van der Waals surface area (Å²) in [6.45, 7) is 2.17. The lowest BCUT2D eigenvalue weighted by Gasteiger charge is -2.37. The smallest absolute Gasteiger partial charge is 0.130 e. The zero-order valence-electron chi connectivity index (χ0n) is 11.1. The fourth-order valence-corrected chi connectivity index (χ4v) is 2.43. The molecule has 4 nitrogen and oxygen atoms in total. The maximum Gasteiger partial charge on any atom is 0.130 e. The van der Waals surface area contributed by atoms with Crippen molar-refractivity contribution in [2.45, 2.75) is 38.3 Å². The minimum atomic E-state index is 0.273. The third kappa shape index (κ3) is 3.21. The van der Waals surface area contributed by atoms with E-state index in [0.29, 0.717) is 6.04 Å². The van der Waals surface area contributed by atoms with E-state index in [1.807, 2.05) is 19.3 Å². The number of aliphatic hydroxyl groups excluding tert-OH is 1. The first kappa shape index (κ1) is 13.3. The van der Waals surface area contributed by atoms with E-state index in [2.05, 4.69) is 21.3 Å². The first-order chi connectivity index (χ1) is 8.85. The van der Waals surface area contributed by atoms with Crippen LogP contribution in [0.4, 0.5) is 5.82 Å². The highest BCUT2D eigenvalue weighted by Gasteiger charge is 2.25. The summed E-state index contributed by atoms with van der Waals surface area (Å²) in [4.78, 5) is 6.83. The van der Waals surface area contributed by atoms with E-state index in [1.54, 1.807) is 0 Å². The van der Waals surface area contributed by atoms with Gasteiger partial charge in [0, 0.05) is 44.5 Å². The fourth-order valence-electron chi connectivity index (χ4n) is 2.43. The van der Waals surface area contributed by atoms with E-state index in [0.717, 1.165) is 25.3 Å². The van der Waals surface area contributed by atoms with Crippen LogP contribution in [-0.2, 0) is 6.54 Å². The second-order valence-corrected chi connectivity index (χ2v) is 4.89. The fraction of sp³-hybridized carbons (Fsp3) is 0.643. The lowest BCUT2D eigenvalue weighted by Crippen LogP contribution is -2.40. The van der Waals surface area contributed by atoms with Crippen LogP contribution in [-0.4, -0.2) is 41.2 Å². The summed E-state index contributed by atoms with van der Waals surface area (Å²) in [7, 11) is 1.91. The largest absolute Gasteiger partial charge is 0.396 e. The second kappa shape index (κ2) is 6.71. The van der Waals surface area contributed by atoms with Gasteiger partial charge >= 0.3 is 0 Å². The number of anilines is 1. The molecular formula is C14H23N3O. The standard InChI is InChI=1S/C14H23N3O/c1-15-14-12(5-3-8-16-14)11-17(9-4-10-18)13-6-2-7-13/h3,5,8,13,18H,2,4,6-7,9-11H2,1H3,(H,15,16). The van der Waals surface area contributed by atoms with Crippen molar-refractivity contribution in [3.8, 4) is 0 Å². The van der Waals surface area contributed by atoms with Crippen LogP contribution in [0, 0.1) is 0 Å². The monoisotopic (exact) mass is 249 g/mol. The normalized spacial score (nSPS) is 15.7. The molecule has 0 aliphatic heterocycles. The molecule has 1 aromatic heterocycles. The van der Waals surface area contributed by atoms with Gasteiger partial charge in [-0.05, 0) is 25.3 Å². The quantitative estimate of drug-likeness (QED) is 0.774. The van der Waals surface area contributed by atoms with Crippen molar-refractivity contribution in [2.75, 3.05) is 25.5 Å². The molecule has 1 aromatic rings. The van der Waals surface area contributed by atoms with Gasteiger partial charge in [-0.2, -0.15) is 0 Å². The van der Waals surface area contributed by atoms with Crippen LogP contribution in [0.1, 0.15) is 31.2 Å². The van der Waals surface area contributed by atoms with Gasteiger partial charge in [-0.1, -0.05) is 12.5 Å². The molecule has 0 spiro atoms. The Balaban J connectivity index is 2.02. The van der Waals surface area contributed by atoms with Crippen molar-refractivity contribution in [3.05, 3.63) is 23.9 Å². The zero-order chi connectivity index (χ0) is 12.8. The van der Waals surface area contributed by atoms with E-state index >= 15 is 0 Å². The molecule has 4 heteroatoms. The lowest BCUT2D eigenvalue weighted by molar-refractivity contribution is 0.109. The first-order valence-corrected chi connectivity index (χ1v) is 6.81. The highest BCUT2D eigenvalue weighted by molar-refractivity contribution is 5.42. The maximum atomic E-state index is 9.00. The Morgan fingerprint density at radius 3 is 2.94 bits per heavy atom. The molecule has 100 valence electrons. The molecule has 1 aliphatic carbocycles. The maximum absolute atomic E-state index is 9.00. The summed E-state index contributed by atoms with van der Waals surface area (Å²) in [5.41, 5.74) is 1.24. The van der Waals surface area contributed by atoms with Gasteiger partial charge in [-0.3, -0.25) is 4.90 Å². The molecule has 1 heterocycles. The van der Waals surface area contributed by atoms with Gasteiger partial charge in [0.05, 0.1) is 0 Å². The number of nitrogens with zero attached hydrogens (tertiary/aromatic N) is 2. The Morgan fingerprint density at radius 1 is 1.50 bits per heavy atom. The number of aromatic nitrogens is 1. The summed E-state index contributed by atoms with van der Waals surface area (Å²) in [6.07, 6.45) is 6.59.